The lowest BCUT2D eigenvalue weighted by Crippen LogP contribution is -2.55. The highest BCUT2D eigenvalue weighted by Gasteiger charge is 2.62. The van der Waals surface area contributed by atoms with Gasteiger partial charge in [-0.1, -0.05) is 60.9 Å². The molecule has 0 bridgehead atoms. The van der Waals surface area contributed by atoms with Crippen LogP contribution in [0.1, 0.15) is 63.0 Å². The maximum Gasteiger partial charge on any atom is 0.155 e. The Morgan fingerprint density at radius 3 is 2.35 bits per heavy atom. The first-order valence-corrected chi connectivity index (χ1v) is 13.6. The third-order valence-corrected chi connectivity index (χ3v) is 9.97. The van der Waals surface area contributed by atoms with Crippen LogP contribution in [-0.4, -0.2) is 16.5 Å². The van der Waals surface area contributed by atoms with E-state index >= 15 is 0 Å². The van der Waals surface area contributed by atoms with Crippen molar-refractivity contribution >= 4 is 5.78 Å². The maximum atomic E-state index is 12.3. The first-order valence-electron chi connectivity index (χ1n) is 13.6. The summed E-state index contributed by atoms with van der Waals surface area (Å²) in [5.41, 5.74) is 4.09. The van der Waals surface area contributed by atoms with Crippen LogP contribution in [0, 0.1) is 52.3 Å². The van der Waals surface area contributed by atoms with E-state index in [1.54, 1.807) is 0 Å². The average Bonchev–Trinajstić information content (AvgIpc) is 3.18. The van der Waals surface area contributed by atoms with Crippen LogP contribution >= 0.6 is 0 Å². The summed E-state index contributed by atoms with van der Waals surface area (Å²) in [7, 11) is 0. The predicted molar refractivity (Wildman–Crippen MR) is 145 cm³/mol. The molecule has 0 spiro atoms. The molecule has 0 radical (unpaired) electrons. The summed E-state index contributed by atoms with van der Waals surface area (Å²) in [4.78, 5) is 12.3. The first kappa shape index (κ1) is 24.0. The van der Waals surface area contributed by atoms with Crippen molar-refractivity contribution in [3.63, 3.8) is 0 Å². The summed E-state index contributed by atoms with van der Waals surface area (Å²) in [6.07, 6.45) is 10.7. The van der Waals surface area contributed by atoms with Gasteiger partial charge in [-0.3, -0.25) is 4.79 Å². The van der Waals surface area contributed by atoms with Crippen LogP contribution < -0.4 is 0 Å². The van der Waals surface area contributed by atoms with Crippen LogP contribution in [-0.2, 0) is 4.79 Å². The Balaban J connectivity index is 1.41. The third kappa shape index (κ3) is 3.72. The minimum Gasteiger partial charge on any atom is -0.373 e. The van der Waals surface area contributed by atoms with Crippen LogP contribution in [0.15, 0.2) is 72.3 Å². The fraction of sp³-hybridized carbons (Fsp3) is 0.412. The normalized spacial score (nSPS) is 35.8. The molecule has 4 aliphatic carbocycles. The molecular formula is C34H33NO2. The van der Waals surface area contributed by atoms with Crippen molar-refractivity contribution in [1.29, 1.82) is 5.26 Å². The van der Waals surface area contributed by atoms with Gasteiger partial charge >= 0.3 is 0 Å². The molecule has 186 valence electrons. The number of hydrogen-bond donors (Lipinski definition) is 1. The number of hydrogen-bond acceptors (Lipinski definition) is 3. The monoisotopic (exact) mass is 487 g/mol. The van der Waals surface area contributed by atoms with Gasteiger partial charge < -0.3 is 5.11 Å². The zero-order valence-electron chi connectivity index (χ0n) is 21.6. The van der Waals surface area contributed by atoms with Gasteiger partial charge in [-0.2, -0.15) is 5.26 Å². The number of carbonyl (C=O) groups is 1. The molecule has 4 unspecified atom stereocenters. The second-order valence-electron chi connectivity index (χ2n) is 11.7. The third-order valence-electron chi connectivity index (χ3n) is 9.97. The highest BCUT2D eigenvalue weighted by molar-refractivity contribution is 5.91. The fourth-order valence-corrected chi connectivity index (χ4v) is 8.16. The lowest BCUT2D eigenvalue weighted by molar-refractivity contribution is -0.116. The molecule has 0 saturated heterocycles. The summed E-state index contributed by atoms with van der Waals surface area (Å²) in [5.74, 6) is 8.37. The Hall–Kier alpha value is -3.40. The lowest BCUT2D eigenvalue weighted by Gasteiger charge is -2.58. The minimum absolute atomic E-state index is 0.280. The number of nitriles is 1. The standard InChI is InChI=1S/C34H33NO2/c1-3-17-34(37)18-16-31-29-14-12-26-19-27(36)13-15-28(26)32(29)30(20-33(31,34)2)25-10-8-24(9-11-25)23-6-4-22(21-35)5-7-23/h4-11,16,18-19,28-32,37H,12-15,20H2,1-2H3/t28?,29?,30-,31?,32?,33+,34+/m1/s1. The van der Waals surface area contributed by atoms with Crippen LogP contribution in [0.3, 0.4) is 0 Å². The van der Waals surface area contributed by atoms with Crippen molar-refractivity contribution in [2.75, 3.05) is 0 Å². The number of aliphatic hydroxyl groups is 1. The molecule has 3 nitrogen and oxygen atoms in total. The molecule has 0 amide bonds. The molecule has 7 atom stereocenters. The second kappa shape index (κ2) is 8.86. The minimum atomic E-state index is -1.11. The van der Waals surface area contributed by atoms with Crippen molar-refractivity contribution in [3.8, 4) is 29.0 Å². The Kier molecular flexibility index (Phi) is 5.74. The molecule has 0 aliphatic heterocycles. The first-order chi connectivity index (χ1) is 17.9. The summed E-state index contributed by atoms with van der Waals surface area (Å²) in [5, 5.41) is 20.9. The quantitative estimate of drug-likeness (QED) is 0.384. The smallest absolute Gasteiger partial charge is 0.155 e. The topological polar surface area (TPSA) is 61.1 Å². The number of ketones is 1. The van der Waals surface area contributed by atoms with E-state index in [-0.39, 0.29) is 23.0 Å². The number of carbonyl (C=O) groups excluding carboxylic acids is 1. The maximum absolute atomic E-state index is 12.3. The van der Waals surface area contributed by atoms with E-state index in [0.29, 0.717) is 29.7 Å². The zero-order valence-corrected chi connectivity index (χ0v) is 21.6. The molecule has 1 N–H and O–H groups in total. The zero-order chi connectivity index (χ0) is 25.8. The van der Waals surface area contributed by atoms with Crippen molar-refractivity contribution in [2.24, 2.45) is 29.1 Å². The van der Waals surface area contributed by atoms with Gasteiger partial charge in [0.25, 0.3) is 0 Å². The van der Waals surface area contributed by atoms with Gasteiger partial charge in [0.15, 0.2) is 5.78 Å². The van der Waals surface area contributed by atoms with Gasteiger partial charge in [0, 0.05) is 11.8 Å². The van der Waals surface area contributed by atoms with Gasteiger partial charge in [0.2, 0.25) is 0 Å². The Morgan fingerprint density at radius 1 is 0.973 bits per heavy atom. The molecule has 3 heteroatoms. The van der Waals surface area contributed by atoms with Crippen LogP contribution in [0.4, 0.5) is 0 Å². The van der Waals surface area contributed by atoms with Gasteiger partial charge in [0.1, 0.15) is 5.60 Å². The number of fused-ring (bicyclic) bond motifs is 5. The number of rotatable bonds is 2. The van der Waals surface area contributed by atoms with E-state index in [9.17, 15) is 9.90 Å². The summed E-state index contributed by atoms with van der Waals surface area (Å²) >= 11 is 0. The van der Waals surface area contributed by atoms with Crippen molar-refractivity contribution in [2.45, 2.75) is 57.5 Å². The van der Waals surface area contributed by atoms with Crippen LogP contribution in [0.2, 0.25) is 0 Å². The Bertz CT molecular complexity index is 1400. The molecule has 0 aromatic heterocycles. The number of nitrogens with zero attached hydrogens (tertiary/aromatic N) is 1. The molecule has 4 aliphatic rings. The number of allylic oxidation sites excluding steroid dienone is 3. The van der Waals surface area contributed by atoms with Crippen molar-refractivity contribution in [3.05, 3.63) is 83.5 Å². The molecule has 2 fully saturated rings. The average molecular weight is 488 g/mol. The largest absolute Gasteiger partial charge is 0.373 e. The molecule has 2 aromatic rings. The van der Waals surface area contributed by atoms with E-state index in [2.05, 4.69) is 55.2 Å². The fourth-order valence-electron chi connectivity index (χ4n) is 8.16. The SMILES string of the molecule is CC#C[C@]1(O)C=CC2C3CCC4=CC(=O)CCC4C3[C@@H](c3ccc(-c4ccc(C#N)cc4)cc3)C[C@@]21C. The highest BCUT2D eigenvalue weighted by Crippen LogP contribution is 2.66. The molecule has 2 saturated carbocycles. The molecule has 2 aromatic carbocycles. The highest BCUT2D eigenvalue weighted by atomic mass is 16.3. The predicted octanol–water partition coefficient (Wildman–Crippen LogP) is 6.59. The lowest BCUT2D eigenvalue weighted by atomic mass is 9.46. The molecule has 6 rings (SSSR count). The molecule has 0 heterocycles. The number of benzene rings is 2. The Labute approximate surface area is 219 Å². The van der Waals surface area contributed by atoms with Gasteiger partial charge in [0.05, 0.1) is 11.6 Å². The van der Waals surface area contributed by atoms with E-state index in [4.69, 9.17) is 5.26 Å². The summed E-state index contributed by atoms with van der Waals surface area (Å²) in [6, 6.07) is 18.8. The van der Waals surface area contributed by atoms with E-state index in [0.717, 1.165) is 36.8 Å². The summed E-state index contributed by atoms with van der Waals surface area (Å²) < 4.78 is 0. The Morgan fingerprint density at radius 2 is 1.68 bits per heavy atom. The van der Waals surface area contributed by atoms with Gasteiger partial charge in [-0.15, -0.1) is 5.92 Å². The molecular weight excluding hydrogens is 454 g/mol. The second-order valence-corrected chi connectivity index (χ2v) is 11.7. The van der Waals surface area contributed by atoms with E-state index in [1.165, 1.54) is 11.1 Å². The van der Waals surface area contributed by atoms with Crippen LogP contribution in [0.5, 0.6) is 0 Å². The van der Waals surface area contributed by atoms with Crippen LogP contribution in [0.25, 0.3) is 11.1 Å². The molecule has 37 heavy (non-hydrogen) atoms. The van der Waals surface area contributed by atoms with Crippen molar-refractivity contribution in [1.82, 2.24) is 0 Å². The summed E-state index contributed by atoms with van der Waals surface area (Å²) in [6.45, 7) is 4.05. The van der Waals surface area contributed by atoms with Gasteiger partial charge in [-0.25, -0.2) is 0 Å². The van der Waals surface area contributed by atoms with E-state index in [1.807, 2.05) is 43.3 Å². The van der Waals surface area contributed by atoms with Gasteiger partial charge in [-0.05, 0) is 103 Å². The van der Waals surface area contributed by atoms with E-state index < -0.39 is 5.60 Å². The van der Waals surface area contributed by atoms with Crippen molar-refractivity contribution < 1.29 is 9.90 Å².